The zero-order valence-corrected chi connectivity index (χ0v) is 19.1. The molecular formula is C25H28N6S. The molecule has 2 aromatic heterocycles. The van der Waals surface area contributed by atoms with E-state index in [-0.39, 0.29) is 0 Å². The van der Waals surface area contributed by atoms with E-state index < -0.39 is 0 Å². The largest absolute Gasteiger partial charge is 0.379 e. The monoisotopic (exact) mass is 444 g/mol. The van der Waals surface area contributed by atoms with Gasteiger partial charge < -0.3 is 10.2 Å². The predicted octanol–water partition coefficient (Wildman–Crippen LogP) is 4.57. The van der Waals surface area contributed by atoms with Crippen LogP contribution in [0.15, 0.2) is 72.9 Å². The van der Waals surface area contributed by atoms with Gasteiger partial charge in [0, 0.05) is 50.3 Å². The second kappa shape index (κ2) is 9.54. The van der Waals surface area contributed by atoms with Gasteiger partial charge in [-0.2, -0.15) is 0 Å². The molecule has 7 heteroatoms. The first kappa shape index (κ1) is 20.7. The van der Waals surface area contributed by atoms with E-state index in [2.05, 4.69) is 110 Å². The Balaban J connectivity index is 1.19. The summed E-state index contributed by atoms with van der Waals surface area (Å²) in [5.74, 6) is 0. The van der Waals surface area contributed by atoms with Crippen molar-refractivity contribution in [3.8, 4) is 5.13 Å². The van der Waals surface area contributed by atoms with Gasteiger partial charge in [-0.15, -0.1) is 10.2 Å². The van der Waals surface area contributed by atoms with Crippen molar-refractivity contribution in [2.75, 3.05) is 36.4 Å². The Bertz CT molecular complexity index is 1130. The molecule has 1 fully saturated rings. The Kier molecular flexibility index (Phi) is 6.18. The first-order chi connectivity index (χ1) is 15.7. The van der Waals surface area contributed by atoms with Crippen LogP contribution < -0.4 is 10.2 Å². The fraction of sp³-hybridized carbons (Fsp3) is 0.280. The molecule has 0 atom stereocenters. The van der Waals surface area contributed by atoms with E-state index in [0.29, 0.717) is 0 Å². The molecule has 6 nitrogen and oxygen atoms in total. The third kappa shape index (κ3) is 4.84. The maximum Gasteiger partial charge on any atom is 0.218 e. The highest BCUT2D eigenvalue weighted by atomic mass is 32.1. The average Bonchev–Trinajstić information content (AvgIpc) is 3.49. The number of aromatic nitrogens is 3. The van der Waals surface area contributed by atoms with Gasteiger partial charge in [0.1, 0.15) is 0 Å². The van der Waals surface area contributed by atoms with Crippen LogP contribution in [0.4, 0.5) is 10.8 Å². The number of rotatable bonds is 7. The second-order valence-corrected chi connectivity index (χ2v) is 9.14. The first-order valence-electron chi connectivity index (χ1n) is 11.1. The van der Waals surface area contributed by atoms with E-state index in [4.69, 9.17) is 0 Å². The van der Waals surface area contributed by atoms with Crippen LogP contribution in [0.3, 0.4) is 0 Å². The van der Waals surface area contributed by atoms with Crippen molar-refractivity contribution >= 4 is 22.2 Å². The molecule has 1 aliphatic heterocycles. The molecule has 0 spiro atoms. The van der Waals surface area contributed by atoms with Crippen molar-refractivity contribution in [1.82, 2.24) is 19.7 Å². The molecule has 0 radical (unpaired) electrons. The Labute approximate surface area is 193 Å². The topological polar surface area (TPSA) is 49.2 Å². The number of piperazine rings is 1. The highest BCUT2D eigenvalue weighted by molar-refractivity contribution is 7.17. The molecule has 1 aliphatic rings. The molecule has 0 unspecified atom stereocenters. The lowest BCUT2D eigenvalue weighted by molar-refractivity contribution is 0.249. The Morgan fingerprint density at radius 2 is 1.59 bits per heavy atom. The standard InChI is InChI=1S/C25H28N6S/c1-20-9-11-22(12-10-20)26-18-23-8-5-13-31(23)25-28-27-24(32-25)30-16-14-29(15-17-30)19-21-6-3-2-4-7-21/h2-13,26H,14-19H2,1H3. The molecule has 0 amide bonds. The van der Waals surface area contributed by atoms with Gasteiger partial charge in [-0.05, 0) is 36.8 Å². The van der Waals surface area contributed by atoms with Crippen molar-refractivity contribution in [1.29, 1.82) is 0 Å². The van der Waals surface area contributed by atoms with Crippen molar-refractivity contribution in [3.05, 3.63) is 89.7 Å². The van der Waals surface area contributed by atoms with Gasteiger partial charge in [0.05, 0.1) is 6.54 Å². The Morgan fingerprint density at radius 1 is 0.844 bits per heavy atom. The predicted molar refractivity (Wildman–Crippen MR) is 132 cm³/mol. The number of anilines is 2. The van der Waals surface area contributed by atoms with Gasteiger partial charge >= 0.3 is 0 Å². The van der Waals surface area contributed by atoms with Crippen LogP contribution in [-0.4, -0.2) is 45.8 Å². The lowest BCUT2D eigenvalue weighted by atomic mass is 10.2. The van der Waals surface area contributed by atoms with E-state index in [0.717, 1.165) is 55.2 Å². The van der Waals surface area contributed by atoms with Crippen LogP contribution in [0.5, 0.6) is 0 Å². The molecule has 0 saturated carbocycles. The number of nitrogens with one attached hydrogen (secondary N) is 1. The molecule has 1 N–H and O–H groups in total. The fourth-order valence-electron chi connectivity index (χ4n) is 3.98. The van der Waals surface area contributed by atoms with Gasteiger partial charge in [-0.25, -0.2) is 0 Å². The third-order valence-corrected chi connectivity index (χ3v) is 6.84. The second-order valence-electron chi connectivity index (χ2n) is 8.21. The van der Waals surface area contributed by atoms with E-state index in [1.165, 1.54) is 16.8 Å². The average molecular weight is 445 g/mol. The van der Waals surface area contributed by atoms with Crippen LogP contribution >= 0.6 is 11.3 Å². The van der Waals surface area contributed by atoms with Gasteiger partial charge in [-0.1, -0.05) is 59.4 Å². The minimum atomic E-state index is 0.739. The quantitative estimate of drug-likeness (QED) is 0.452. The number of hydrogen-bond donors (Lipinski definition) is 1. The van der Waals surface area contributed by atoms with Crippen molar-refractivity contribution in [3.63, 3.8) is 0 Å². The zero-order valence-electron chi connectivity index (χ0n) is 18.3. The van der Waals surface area contributed by atoms with Gasteiger partial charge in [-0.3, -0.25) is 9.47 Å². The lowest BCUT2D eigenvalue weighted by Gasteiger charge is -2.34. The van der Waals surface area contributed by atoms with Crippen LogP contribution in [0, 0.1) is 6.92 Å². The number of aryl methyl sites for hydroxylation is 1. The molecule has 0 bridgehead atoms. The van der Waals surface area contributed by atoms with Crippen LogP contribution in [-0.2, 0) is 13.1 Å². The van der Waals surface area contributed by atoms with Crippen LogP contribution in [0.2, 0.25) is 0 Å². The SMILES string of the molecule is Cc1ccc(NCc2cccn2-c2nnc(N3CCN(Cc4ccccc4)CC3)s2)cc1. The lowest BCUT2D eigenvalue weighted by Crippen LogP contribution is -2.45. The first-order valence-corrected chi connectivity index (χ1v) is 11.9. The normalized spacial score (nSPS) is 14.6. The summed E-state index contributed by atoms with van der Waals surface area (Å²) in [6, 6.07) is 23.4. The number of hydrogen-bond acceptors (Lipinski definition) is 6. The number of benzene rings is 2. The smallest absolute Gasteiger partial charge is 0.218 e. The van der Waals surface area contributed by atoms with Crippen molar-refractivity contribution < 1.29 is 0 Å². The van der Waals surface area contributed by atoms with Gasteiger partial charge in [0.2, 0.25) is 10.3 Å². The zero-order chi connectivity index (χ0) is 21.8. The summed E-state index contributed by atoms with van der Waals surface area (Å²) in [6.07, 6.45) is 2.06. The summed E-state index contributed by atoms with van der Waals surface area (Å²) >= 11 is 1.66. The van der Waals surface area contributed by atoms with E-state index >= 15 is 0 Å². The van der Waals surface area contributed by atoms with Crippen molar-refractivity contribution in [2.45, 2.75) is 20.0 Å². The minimum Gasteiger partial charge on any atom is -0.379 e. The summed E-state index contributed by atoms with van der Waals surface area (Å²) < 4.78 is 2.13. The highest BCUT2D eigenvalue weighted by Crippen LogP contribution is 2.26. The van der Waals surface area contributed by atoms with E-state index in [1.807, 2.05) is 0 Å². The van der Waals surface area contributed by atoms with E-state index in [9.17, 15) is 0 Å². The maximum atomic E-state index is 4.51. The third-order valence-electron chi connectivity index (χ3n) is 5.86. The minimum absolute atomic E-state index is 0.739. The molecular weight excluding hydrogens is 416 g/mol. The summed E-state index contributed by atoms with van der Waals surface area (Å²) in [5.41, 5.74) is 4.93. The van der Waals surface area contributed by atoms with Gasteiger partial charge in [0.25, 0.3) is 0 Å². The molecule has 2 aromatic carbocycles. The van der Waals surface area contributed by atoms with Gasteiger partial charge in [0.15, 0.2) is 0 Å². The van der Waals surface area contributed by atoms with Crippen molar-refractivity contribution in [2.24, 2.45) is 0 Å². The number of nitrogens with zero attached hydrogens (tertiary/aromatic N) is 5. The molecule has 4 aromatic rings. The molecule has 164 valence electrons. The fourth-order valence-corrected chi connectivity index (χ4v) is 4.90. The Hall–Kier alpha value is -3.16. The molecule has 0 aliphatic carbocycles. The van der Waals surface area contributed by atoms with E-state index in [1.54, 1.807) is 11.3 Å². The molecule has 5 rings (SSSR count). The summed E-state index contributed by atoms with van der Waals surface area (Å²) in [4.78, 5) is 4.87. The Morgan fingerprint density at radius 3 is 2.38 bits per heavy atom. The molecule has 32 heavy (non-hydrogen) atoms. The van der Waals surface area contributed by atoms with Crippen LogP contribution in [0.25, 0.3) is 5.13 Å². The summed E-state index contributed by atoms with van der Waals surface area (Å²) in [5, 5.41) is 14.4. The maximum absolute atomic E-state index is 4.51. The summed E-state index contributed by atoms with van der Waals surface area (Å²) in [6.45, 7) is 7.90. The van der Waals surface area contributed by atoms with Crippen LogP contribution in [0.1, 0.15) is 16.8 Å². The highest BCUT2D eigenvalue weighted by Gasteiger charge is 2.21. The summed E-state index contributed by atoms with van der Waals surface area (Å²) in [7, 11) is 0. The molecule has 3 heterocycles. The molecule has 1 saturated heterocycles.